The number of nitrogens with zero attached hydrogens (tertiary/aromatic N) is 3. The highest BCUT2D eigenvalue weighted by Gasteiger charge is 2.17. The van der Waals surface area contributed by atoms with Gasteiger partial charge < -0.3 is 16.0 Å². The van der Waals surface area contributed by atoms with Gasteiger partial charge in [0.25, 0.3) is 5.69 Å². The Morgan fingerprint density at radius 1 is 1.63 bits per heavy atom. The number of piperidine rings is 1. The molecule has 2 heterocycles. The second kappa shape index (κ2) is 5.83. The summed E-state index contributed by atoms with van der Waals surface area (Å²) in [7, 11) is 2.11. The molecule has 3 N–H and O–H groups in total. The SMILES string of the molecule is CN1CCCC(CNc2cc([N+](=O)[O-])cc(N)n2)C1. The van der Waals surface area contributed by atoms with E-state index in [-0.39, 0.29) is 11.5 Å². The molecule has 0 bridgehead atoms. The molecule has 7 heteroatoms. The number of anilines is 2. The lowest BCUT2D eigenvalue weighted by molar-refractivity contribution is -0.384. The van der Waals surface area contributed by atoms with Crippen LogP contribution in [0.5, 0.6) is 0 Å². The number of likely N-dealkylation sites (tertiary alicyclic amines) is 1. The Morgan fingerprint density at radius 2 is 2.42 bits per heavy atom. The maximum absolute atomic E-state index is 10.7. The summed E-state index contributed by atoms with van der Waals surface area (Å²) in [5.74, 6) is 1.18. The first-order valence-corrected chi connectivity index (χ1v) is 6.39. The fourth-order valence-electron chi connectivity index (χ4n) is 2.42. The first kappa shape index (κ1) is 13.5. The van der Waals surface area contributed by atoms with E-state index >= 15 is 0 Å². The topological polar surface area (TPSA) is 97.3 Å². The number of nitrogens with two attached hydrogens (primary N) is 1. The number of nitrogens with one attached hydrogen (secondary N) is 1. The third-order valence-corrected chi connectivity index (χ3v) is 3.33. The zero-order chi connectivity index (χ0) is 13.8. The highest BCUT2D eigenvalue weighted by atomic mass is 16.6. The van der Waals surface area contributed by atoms with Crippen LogP contribution in [-0.4, -0.2) is 41.5 Å². The zero-order valence-corrected chi connectivity index (χ0v) is 11.0. The van der Waals surface area contributed by atoms with Gasteiger partial charge in [-0.2, -0.15) is 0 Å². The summed E-state index contributed by atoms with van der Waals surface area (Å²) in [5.41, 5.74) is 5.53. The highest BCUT2D eigenvalue weighted by molar-refractivity contribution is 5.52. The molecule has 1 unspecified atom stereocenters. The Labute approximate surface area is 112 Å². The summed E-state index contributed by atoms with van der Waals surface area (Å²) in [4.78, 5) is 16.6. The van der Waals surface area contributed by atoms with Gasteiger partial charge >= 0.3 is 0 Å². The van der Waals surface area contributed by atoms with Crippen LogP contribution in [0.4, 0.5) is 17.3 Å². The maximum Gasteiger partial charge on any atom is 0.276 e. The van der Waals surface area contributed by atoms with Gasteiger partial charge in [0, 0.05) is 13.1 Å². The van der Waals surface area contributed by atoms with Gasteiger partial charge in [0.1, 0.15) is 11.6 Å². The van der Waals surface area contributed by atoms with Crippen molar-refractivity contribution in [2.45, 2.75) is 12.8 Å². The van der Waals surface area contributed by atoms with E-state index < -0.39 is 4.92 Å². The number of hydrogen-bond acceptors (Lipinski definition) is 6. The third kappa shape index (κ3) is 3.78. The molecule has 0 radical (unpaired) electrons. The van der Waals surface area contributed by atoms with Crippen molar-refractivity contribution >= 4 is 17.3 Å². The van der Waals surface area contributed by atoms with Gasteiger partial charge in [-0.25, -0.2) is 4.98 Å². The molecule has 0 aliphatic carbocycles. The summed E-state index contributed by atoms with van der Waals surface area (Å²) in [6.45, 7) is 2.94. The summed E-state index contributed by atoms with van der Waals surface area (Å²) in [5, 5.41) is 13.9. The molecular weight excluding hydrogens is 246 g/mol. The van der Waals surface area contributed by atoms with Crippen molar-refractivity contribution in [1.29, 1.82) is 0 Å². The van der Waals surface area contributed by atoms with Gasteiger partial charge in [-0.15, -0.1) is 0 Å². The molecular formula is C12H19N5O2. The molecule has 1 aliphatic heterocycles. The number of rotatable bonds is 4. The molecule has 1 aromatic rings. The molecule has 19 heavy (non-hydrogen) atoms. The lowest BCUT2D eigenvalue weighted by Crippen LogP contribution is -2.35. The Balaban J connectivity index is 1.97. The van der Waals surface area contributed by atoms with Crippen molar-refractivity contribution in [2.75, 3.05) is 37.7 Å². The van der Waals surface area contributed by atoms with Crippen LogP contribution in [0.3, 0.4) is 0 Å². The minimum atomic E-state index is -0.461. The predicted octanol–water partition coefficient (Wildman–Crippen LogP) is 1.33. The Bertz CT molecular complexity index is 465. The first-order valence-electron chi connectivity index (χ1n) is 6.39. The summed E-state index contributed by atoms with van der Waals surface area (Å²) < 4.78 is 0. The third-order valence-electron chi connectivity index (χ3n) is 3.33. The Morgan fingerprint density at radius 3 is 3.11 bits per heavy atom. The van der Waals surface area contributed by atoms with E-state index in [4.69, 9.17) is 5.73 Å². The number of pyridine rings is 1. The van der Waals surface area contributed by atoms with E-state index in [1.54, 1.807) is 0 Å². The molecule has 1 saturated heterocycles. The monoisotopic (exact) mass is 265 g/mol. The molecule has 0 aromatic carbocycles. The van der Waals surface area contributed by atoms with Crippen LogP contribution in [0.25, 0.3) is 0 Å². The molecule has 0 spiro atoms. The maximum atomic E-state index is 10.7. The van der Waals surface area contributed by atoms with E-state index in [1.165, 1.54) is 25.0 Å². The normalized spacial score (nSPS) is 20.2. The van der Waals surface area contributed by atoms with Gasteiger partial charge in [-0.1, -0.05) is 0 Å². The van der Waals surface area contributed by atoms with E-state index in [0.29, 0.717) is 11.7 Å². The second-order valence-electron chi connectivity index (χ2n) is 5.04. The number of hydrogen-bond donors (Lipinski definition) is 2. The number of nitro groups is 1. The Hall–Kier alpha value is -1.89. The van der Waals surface area contributed by atoms with Crippen molar-refractivity contribution in [3.63, 3.8) is 0 Å². The van der Waals surface area contributed by atoms with Gasteiger partial charge in [0.15, 0.2) is 0 Å². The molecule has 0 saturated carbocycles. The zero-order valence-electron chi connectivity index (χ0n) is 11.0. The van der Waals surface area contributed by atoms with E-state index in [0.717, 1.165) is 19.6 Å². The van der Waals surface area contributed by atoms with E-state index in [1.807, 2.05) is 0 Å². The molecule has 0 amide bonds. The van der Waals surface area contributed by atoms with Gasteiger partial charge in [0.05, 0.1) is 17.1 Å². The van der Waals surface area contributed by atoms with Crippen LogP contribution in [0.2, 0.25) is 0 Å². The van der Waals surface area contributed by atoms with Crippen molar-refractivity contribution < 1.29 is 4.92 Å². The minimum Gasteiger partial charge on any atom is -0.383 e. The second-order valence-corrected chi connectivity index (χ2v) is 5.04. The number of aromatic nitrogens is 1. The summed E-state index contributed by atoms with van der Waals surface area (Å²) in [6.07, 6.45) is 2.36. The lowest BCUT2D eigenvalue weighted by Gasteiger charge is -2.29. The van der Waals surface area contributed by atoms with Crippen LogP contribution in [0.15, 0.2) is 12.1 Å². The molecule has 1 aliphatic rings. The average molecular weight is 265 g/mol. The fourth-order valence-corrected chi connectivity index (χ4v) is 2.42. The van der Waals surface area contributed by atoms with Crippen molar-refractivity contribution in [3.05, 3.63) is 22.2 Å². The van der Waals surface area contributed by atoms with Crippen LogP contribution >= 0.6 is 0 Å². The fraction of sp³-hybridized carbons (Fsp3) is 0.583. The molecule has 7 nitrogen and oxygen atoms in total. The molecule has 104 valence electrons. The van der Waals surface area contributed by atoms with Gasteiger partial charge in [-0.05, 0) is 32.4 Å². The Kier molecular flexibility index (Phi) is 4.16. The average Bonchev–Trinajstić information content (AvgIpc) is 2.36. The first-order chi connectivity index (χ1) is 9.04. The minimum absolute atomic E-state index is 0.0317. The van der Waals surface area contributed by atoms with E-state index in [2.05, 4.69) is 22.2 Å². The van der Waals surface area contributed by atoms with Crippen molar-refractivity contribution in [3.8, 4) is 0 Å². The largest absolute Gasteiger partial charge is 0.383 e. The smallest absolute Gasteiger partial charge is 0.276 e. The highest BCUT2D eigenvalue weighted by Crippen LogP contribution is 2.20. The van der Waals surface area contributed by atoms with Gasteiger partial charge in [-0.3, -0.25) is 10.1 Å². The molecule has 1 aromatic heterocycles. The van der Waals surface area contributed by atoms with E-state index in [9.17, 15) is 10.1 Å². The van der Waals surface area contributed by atoms with Crippen LogP contribution in [-0.2, 0) is 0 Å². The predicted molar refractivity (Wildman–Crippen MR) is 74.0 cm³/mol. The van der Waals surface area contributed by atoms with Crippen molar-refractivity contribution in [2.24, 2.45) is 5.92 Å². The van der Waals surface area contributed by atoms with Crippen molar-refractivity contribution in [1.82, 2.24) is 9.88 Å². The van der Waals surface area contributed by atoms with Crippen LogP contribution < -0.4 is 11.1 Å². The standard InChI is InChI=1S/C12H19N5O2/c1-16-4-2-3-9(8-16)7-14-12-6-10(17(18)19)5-11(13)15-12/h5-6,9H,2-4,7-8H2,1H3,(H3,13,14,15). The molecule has 2 rings (SSSR count). The molecule has 1 fully saturated rings. The molecule has 1 atom stereocenters. The summed E-state index contributed by atoms with van der Waals surface area (Å²) in [6, 6.07) is 2.68. The van der Waals surface area contributed by atoms with Crippen LogP contribution in [0, 0.1) is 16.0 Å². The quantitative estimate of drug-likeness (QED) is 0.629. The summed E-state index contributed by atoms with van der Waals surface area (Å²) >= 11 is 0. The number of nitrogen functional groups attached to an aromatic ring is 1. The van der Waals surface area contributed by atoms with Crippen LogP contribution in [0.1, 0.15) is 12.8 Å². The van der Waals surface area contributed by atoms with Gasteiger partial charge in [0.2, 0.25) is 0 Å². The lowest BCUT2D eigenvalue weighted by atomic mass is 9.98.